The van der Waals surface area contributed by atoms with Gasteiger partial charge in [0, 0.05) is 25.0 Å². The lowest BCUT2D eigenvalue weighted by molar-refractivity contribution is 0.509. The Morgan fingerprint density at radius 1 is 1.60 bits per heavy atom. The van der Waals surface area contributed by atoms with E-state index in [0.717, 1.165) is 19.4 Å². The van der Waals surface area contributed by atoms with Crippen LogP contribution in [-0.4, -0.2) is 15.6 Å². The van der Waals surface area contributed by atoms with Crippen LogP contribution in [0.25, 0.3) is 0 Å². The fourth-order valence-electron chi connectivity index (χ4n) is 1.50. The lowest BCUT2D eigenvalue weighted by Gasteiger charge is -2.10. The molecule has 0 aromatic carbocycles. The van der Waals surface area contributed by atoms with Gasteiger partial charge in [-0.3, -0.25) is 4.79 Å². The van der Waals surface area contributed by atoms with Crippen molar-refractivity contribution >= 4 is 5.82 Å². The first-order chi connectivity index (χ1) is 7.16. The normalized spacial score (nSPS) is 15.7. The summed E-state index contributed by atoms with van der Waals surface area (Å²) >= 11 is 0. The molecule has 0 atom stereocenters. The fraction of sp³-hybridized carbons (Fsp3) is 0.636. The predicted octanol–water partition coefficient (Wildman–Crippen LogP) is 1.47. The molecule has 0 bridgehead atoms. The van der Waals surface area contributed by atoms with Crippen LogP contribution in [0.15, 0.2) is 17.2 Å². The molecule has 0 amide bonds. The van der Waals surface area contributed by atoms with Gasteiger partial charge < -0.3 is 9.88 Å². The van der Waals surface area contributed by atoms with E-state index >= 15 is 0 Å². The lowest BCUT2D eigenvalue weighted by Crippen LogP contribution is -2.26. The Balaban J connectivity index is 2.19. The molecule has 0 unspecified atom stereocenters. The van der Waals surface area contributed by atoms with Crippen molar-refractivity contribution in [2.24, 2.45) is 5.92 Å². The summed E-state index contributed by atoms with van der Waals surface area (Å²) in [6.45, 7) is 4.95. The second-order valence-corrected chi connectivity index (χ2v) is 4.55. The van der Waals surface area contributed by atoms with E-state index in [0.29, 0.717) is 17.8 Å². The van der Waals surface area contributed by atoms with Crippen LogP contribution in [-0.2, 0) is 6.54 Å². The van der Waals surface area contributed by atoms with Crippen LogP contribution in [0.1, 0.15) is 26.7 Å². The summed E-state index contributed by atoms with van der Waals surface area (Å²) in [6, 6.07) is 0.472. The second kappa shape index (κ2) is 4.04. The maximum Gasteiger partial charge on any atom is 0.293 e. The van der Waals surface area contributed by atoms with E-state index < -0.39 is 0 Å². The first kappa shape index (κ1) is 10.2. The third-order valence-corrected chi connectivity index (χ3v) is 2.39. The van der Waals surface area contributed by atoms with E-state index in [4.69, 9.17) is 0 Å². The Morgan fingerprint density at radius 2 is 2.33 bits per heavy atom. The number of hydrogen-bond acceptors (Lipinski definition) is 3. The molecule has 1 N–H and O–H groups in total. The first-order valence-corrected chi connectivity index (χ1v) is 5.49. The molecule has 1 aliphatic carbocycles. The third kappa shape index (κ3) is 2.58. The van der Waals surface area contributed by atoms with Gasteiger partial charge in [-0.1, -0.05) is 13.8 Å². The minimum Gasteiger partial charge on any atom is -0.363 e. The van der Waals surface area contributed by atoms with E-state index in [2.05, 4.69) is 24.1 Å². The molecule has 0 spiro atoms. The minimum absolute atomic E-state index is 0.00176. The van der Waals surface area contributed by atoms with Crippen molar-refractivity contribution in [3.8, 4) is 0 Å². The van der Waals surface area contributed by atoms with E-state index in [1.807, 2.05) is 0 Å². The Morgan fingerprint density at radius 3 is 2.93 bits per heavy atom. The molecule has 1 aliphatic rings. The van der Waals surface area contributed by atoms with Crippen molar-refractivity contribution in [2.45, 2.75) is 39.3 Å². The Kier molecular flexibility index (Phi) is 2.75. The molecule has 4 nitrogen and oxygen atoms in total. The quantitative estimate of drug-likeness (QED) is 0.813. The molecule has 1 saturated carbocycles. The number of hydrogen-bond donors (Lipinski definition) is 1. The molecule has 2 rings (SSSR count). The minimum atomic E-state index is -0.00176. The molecule has 1 fully saturated rings. The monoisotopic (exact) mass is 207 g/mol. The zero-order valence-corrected chi connectivity index (χ0v) is 9.23. The van der Waals surface area contributed by atoms with Crippen LogP contribution in [0, 0.1) is 5.92 Å². The maximum atomic E-state index is 11.9. The summed E-state index contributed by atoms with van der Waals surface area (Å²) in [5, 5.41) is 3.15. The van der Waals surface area contributed by atoms with Gasteiger partial charge in [-0.2, -0.15) is 0 Å². The topological polar surface area (TPSA) is 46.9 Å². The number of rotatable bonds is 4. The first-order valence-electron chi connectivity index (χ1n) is 5.49. The number of anilines is 1. The molecule has 4 heteroatoms. The van der Waals surface area contributed by atoms with Crippen molar-refractivity contribution in [3.05, 3.63) is 22.7 Å². The largest absolute Gasteiger partial charge is 0.363 e. The van der Waals surface area contributed by atoms with Crippen molar-refractivity contribution < 1.29 is 0 Å². The highest BCUT2D eigenvalue weighted by atomic mass is 16.1. The maximum absolute atomic E-state index is 11.9. The zero-order valence-electron chi connectivity index (χ0n) is 9.23. The van der Waals surface area contributed by atoms with Crippen LogP contribution >= 0.6 is 0 Å². The molecule has 82 valence electrons. The van der Waals surface area contributed by atoms with Gasteiger partial charge in [0.1, 0.15) is 0 Å². The van der Waals surface area contributed by atoms with Crippen LogP contribution in [0.5, 0.6) is 0 Å². The average Bonchev–Trinajstić information content (AvgIpc) is 2.95. The van der Waals surface area contributed by atoms with Crippen LogP contribution in [0.2, 0.25) is 0 Å². The van der Waals surface area contributed by atoms with Crippen molar-refractivity contribution in [1.82, 2.24) is 9.55 Å². The summed E-state index contributed by atoms with van der Waals surface area (Å²) in [5.41, 5.74) is -0.00176. The highest BCUT2D eigenvalue weighted by Gasteiger charge is 2.22. The van der Waals surface area contributed by atoms with E-state index in [-0.39, 0.29) is 5.56 Å². The molecule has 1 aromatic rings. The van der Waals surface area contributed by atoms with Gasteiger partial charge in [0.05, 0.1) is 0 Å². The average molecular weight is 207 g/mol. The van der Waals surface area contributed by atoms with Crippen LogP contribution < -0.4 is 10.9 Å². The standard InChI is InChI=1S/C11H17N3O/c1-8(2)7-14-6-5-12-10(11(14)15)13-9-3-4-9/h5-6,8-9H,3-4,7H2,1-2H3,(H,12,13). The lowest BCUT2D eigenvalue weighted by atomic mass is 10.2. The SMILES string of the molecule is CC(C)Cn1ccnc(NC2CC2)c1=O. The molecular formula is C11H17N3O. The summed E-state index contributed by atoms with van der Waals surface area (Å²) in [6.07, 6.45) is 5.75. The van der Waals surface area contributed by atoms with Crippen molar-refractivity contribution in [1.29, 1.82) is 0 Å². The Hall–Kier alpha value is -1.32. The number of nitrogens with zero attached hydrogens (tertiary/aromatic N) is 2. The predicted molar refractivity (Wildman–Crippen MR) is 60.0 cm³/mol. The van der Waals surface area contributed by atoms with E-state index in [1.54, 1.807) is 17.0 Å². The second-order valence-electron chi connectivity index (χ2n) is 4.55. The van der Waals surface area contributed by atoms with E-state index in [1.165, 1.54) is 0 Å². The highest BCUT2D eigenvalue weighted by molar-refractivity contribution is 5.33. The van der Waals surface area contributed by atoms with Crippen LogP contribution in [0.3, 0.4) is 0 Å². The Labute approximate surface area is 89.3 Å². The third-order valence-electron chi connectivity index (χ3n) is 2.39. The molecule has 0 saturated heterocycles. The van der Waals surface area contributed by atoms with E-state index in [9.17, 15) is 4.79 Å². The van der Waals surface area contributed by atoms with Crippen LogP contribution in [0.4, 0.5) is 5.82 Å². The van der Waals surface area contributed by atoms with Gasteiger partial charge in [0.2, 0.25) is 0 Å². The van der Waals surface area contributed by atoms with Gasteiger partial charge in [0.15, 0.2) is 5.82 Å². The fourth-order valence-corrected chi connectivity index (χ4v) is 1.50. The highest BCUT2D eigenvalue weighted by Crippen LogP contribution is 2.22. The molecule has 15 heavy (non-hydrogen) atoms. The van der Waals surface area contributed by atoms with Gasteiger partial charge in [-0.25, -0.2) is 4.98 Å². The summed E-state index contributed by atoms with van der Waals surface area (Å²) in [5.74, 6) is 0.972. The van der Waals surface area contributed by atoms with Crippen molar-refractivity contribution in [3.63, 3.8) is 0 Å². The smallest absolute Gasteiger partial charge is 0.293 e. The zero-order chi connectivity index (χ0) is 10.8. The molecule has 1 aromatic heterocycles. The molecule has 0 aliphatic heterocycles. The number of aromatic nitrogens is 2. The summed E-state index contributed by atoms with van der Waals surface area (Å²) in [7, 11) is 0. The summed E-state index contributed by atoms with van der Waals surface area (Å²) in [4.78, 5) is 16.0. The van der Waals surface area contributed by atoms with Crippen molar-refractivity contribution in [2.75, 3.05) is 5.32 Å². The van der Waals surface area contributed by atoms with Gasteiger partial charge in [0.25, 0.3) is 5.56 Å². The van der Waals surface area contributed by atoms with Gasteiger partial charge in [-0.15, -0.1) is 0 Å². The van der Waals surface area contributed by atoms with Gasteiger partial charge in [-0.05, 0) is 18.8 Å². The van der Waals surface area contributed by atoms with Gasteiger partial charge >= 0.3 is 0 Å². The molecule has 0 radical (unpaired) electrons. The summed E-state index contributed by atoms with van der Waals surface area (Å²) < 4.78 is 1.72. The Bertz CT molecular complexity index is 368. The molecular weight excluding hydrogens is 190 g/mol. The number of nitrogens with one attached hydrogen (secondary N) is 1. The molecule has 1 heterocycles.